The molecule has 0 spiro atoms. The number of amides is 1. The molecule has 32 heavy (non-hydrogen) atoms. The van der Waals surface area contributed by atoms with Gasteiger partial charge in [-0.2, -0.15) is 0 Å². The van der Waals surface area contributed by atoms with E-state index < -0.39 is 5.97 Å². The molecular weight excluding hydrogens is 404 g/mol. The zero-order chi connectivity index (χ0) is 22.5. The van der Waals surface area contributed by atoms with Crippen LogP contribution < -0.4 is 10.6 Å². The highest BCUT2D eigenvalue weighted by molar-refractivity contribution is 6.11. The lowest BCUT2D eigenvalue weighted by Gasteiger charge is -2.33. The van der Waals surface area contributed by atoms with Gasteiger partial charge in [0, 0.05) is 35.5 Å². The summed E-state index contributed by atoms with van der Waals surface area (Å²) in [6.45, 7) is 0.638. The fourth-order valence-electron chi connectivity index (χ4n) is 3.62. The second-order valence-electron chi connectivity index (χ2n) is 7.90. The van der Waals surface area contributed by atoms with Crippen LogP contribution in [0.3, 0.4) is 0 Å². The average molecular weight is 428 g/mol. The van der Waals surface area contributed by atoms with Gasteiger partial charge in [-0.15, -0.1) is 0 Å². The van der Waals surface area contributed by atoms with Crippen molar-refractivity contribution in [2.24, 2.45) is 5.92 Å². The van der Waals surface area contributed by atoms with Crippen LogP contribution in [-0.2, 0) is 11.3 Å². The summed E-state index contributed by atoms with van der Waals surface area (Å²) in [7, 11) is 0. The Kier molecular flexibility index (Phi) is 6.37. The molecule has 4 N–H and O–H groups in total. The van der Waals surface area contributed by atoms with E-state index in [1.165, 1.54) is 0 Å². The molecule has 0 atom stereocenters. The summed E-state index contributed by atoms with van der Waals surface area (Å²) >= 11 is 0. The molecule has 1 aliphatic carbocycles. The maximum Gasteiger partial charge on any atom is 0.306 e. The quantitative estimate of drug-likeness (QED) is 0.340. The molecule has 0 radical (unpaired) electrons. The van der Waals surface area contributed by atoms with Gasteiger partial charge in [-0.25, -0.2) is 0 Å². The summed E-state index contributed by atoms with van der Waals surface area (Å²) in [6.07, 6.45) is 3.04. The molecule has 1 aliphatic rings. The van der Waals surface area contributed by atoms with Crippen LogP contribution >= 0.6 is 0 Å². The van der Waals surface area contributed by atoms with Gasteiger partial charge in [-0.05, 0) is 42.7 Å². The lowest BCUT2D eigenvalue weighted by atomic mass is 9.80. The van der Waals surface area contributed by atoms with Gasteiger partial charge in [0.2, 0.25) is 0 Å². The summed E-state index contributed by atoms with van der Waals surface area (Å²) in [5.41, 5.74) is 3.87. The Hall–Kier alpha value is -3.84. The van der Waals surface area contributed by atoms with Gasteiger partial charge >= 0.3 is 5.97 Å². The van der Waals surface area contributed by atoms with E-state index in [1.54, 1.807) is 30.5 Å². The smallest absolute Gasteiger partial charge is 0.306 e. The van der Waals surface area contributed by atoms with Crippen LogP contribution in [0.2, 0.25) is 0 Å². The number of aromatic nitrogens is 1. The molecule has 3 aromatic rings. The van der Waals surface area contributed by atoms with E-state index in [9.17, 15) is 9.59 Å². The fraction of sp³-hybridized carbons (Fsp3) is 0.200. The average Bonchev–Trinajstić information content (AvgIpc) is 2.79. The van der Waals surface area contributed by atoms with Crippen molar-refractivity contribution in [3.8, 4) is 11.3 Å². The van der Waals surface area contributed by atoms with E-state index in [-0.39, 0.29) is 23.7 Å². The Morgan fingerprint density at radius 2 is 1.66 bits per heavy atom. The maximum atomic E-state index is 12.5. The van der Waals surface area contributed by atoms with Crippen molar-refractivity contribution in [1.29, 1.82) is 5.41 Å². The number of nitrogens with zero attached hydrogens (tertiary/aromatic N) is 1. The lowest BCUT2D eigenvalue weighted by molar-refractivity contribution is -0.145. The number of carbonyl (C=O) groups excluding carboxylic acids is 1. The molecule has 1 amide bonds. The monoisotopic (exact) mass is 428 g/mol. The Balaban J connectivity index is 1.29. The highest BCUT2D eigenvalue weighted by Crippen LogP contribution is 2.27. The summed E-state index contributed by atoms with van der Waals surface area (Å²) in [5.74, 6) is -1.26. The molecule has 2 aromatic carbocycles. The van der Waals surface area contributed by atoms with Gasteiger partial charge in [0.25, 0.3) is 5.91 Å². The predicted molar refractivity (Wildman–Crippen MR) is 121 cm³/mol. The number of pyridine rings is 1. The third-order valence-corrected chi connectivity index (χ3v) is 5.67. The molecule has 0 bridgehead atoms. The van der Waals surface area contributed by atoms with Crippen LogP contribution in [-0.4, -0.2) is 33.8 Å². The second kappa shape index (κ2) is 9.53. The van der Waals surface area contributed by atoms with E-state index in [0.29, 0.717) is 30.5 Å². The summed E-state index contributed by atoms with van der Waals surface area (Å²) in [6, 6.07) is 20.4. The third-order valence-electron chi connectivity index (χ3n) is 5.67. The molecule has 162 valence electrons. The number of carboxylic acid groups (broad SMARTS) is 1. The fourth-order valence-corrected chi connectivity index (χ4v) is 3.62. The maximum absolute atomic E-state index is 12.5. The van der Waals surface area contributed by atoms with Crippen LogP contribution in [0, 0.1) is 11.3 Å². The lowest BCUT2D eigenvalue weighted by Crippen LogP contribution is -2.43. The van der Waals surface area contributed by atoms with Crippen molar-refractivity contribution in [2.75, 3.05) is 0 Å². The SMILES string of the molecule is N=C(NC(=O)c1ccc(-c2ccccn2)cc1)c1ccc(CNC2CC(C(=O)O)C2)cc1. The number of carboxylic acids is 1. The van der Waals surface area contributed by atoms with E-state index in [4.69, 9.17) is 10.5 Å². The van der Waals surface area contributed by atoms with E-state index in [2.05, 4.69) is 15.6 Å². The molecule has 0 aliphatic heterocycles. The van der Waals surface area contributed by atoms with Gasteiger partial charge in [-0.1, -0.05) is 42.5 Å². The minimum atomic E-state index is -0.725. The zero-order valence-corrected chi connectivity index (χ0v) is 17.4. The van der Waals surface area contributed by atoms with Crippen LogP contribution in [0.15, 0.2) is 72.9 Å². The Labute approximate surface area is 186 Å². The topological polar surface area (TPSA) is 115 Å². The van der Waals surface area contributed by atoms with Crippen molar-refractivity contribution >= 4 is 17.7 Å². The minimum Gasteiger partial charge on any atom is -0.481 e. The number of amidine groups is 1. The normalized spacial score (nSPS) is 17.2. The molecular formula is C25H24N4O3. The van der Waals surface area contributed by atoms with E-state index in [0.717, 1.165) is 16.8 Å². The zero-order valence-electron chi connectivity index (χ0n) is 17.4. The largest absolute Gasteiger partial charge is 0.481 e. The van der Waals surface area contributed by atoms with Gasteiger partial charge in [0.15, 0.2) is 0 Å². The van der Waals surface area contributed by atoms with Gasteiger partial charge in [0.1, 0.15) is 5.84 Å². The molecule has 1 saturated carbocycles. The Morgan fingerprint density at radius 1 is 0.969 bits per heavy atom. The first kappa shape index (κ1) is 21.4. The Bertz CT molecular complexity index is 1110. The van der Waals surface area contributed by atoms with Crippen molar-refractivity contribution in [2.45, 2.75) is 25.4 Å². The highest BCUT2D eigenvalue weighted by Gasteiger charge is 2.33. The minimum absolute atomic E-state index is 0.0339. The molecule has 1 fully saturated rings. The van der Waals surface area contributed by atoms with Crippen LogP contribution in [0.5, 0.6) is 0 Å². The number of nitrogens with one attached hydrogen (secondary N) is 3. The molecule has 1 aromatic heterocycles. The van der Waals surface area contributed by atoms with Crippen LogP contribution in [0.4, 0.5) is 0 Å². The first-order chi connectivity index (χ1) is 15.5. The van der Waals surface area contributed by atoms with Crippen LogP contribution in [0.25, 0.3) is 11.3 Å². The van der Waals surface area contributed by atoms with Gasteiger partial charge in [0.05, 0.1) is 11.6 Å². The second-order valence-corrected chi connectivity index (χ2v) is 7.90. The standard InChI is InChI=1S/C25H24N4O3/c26-23(18-6-4-16(5-7-18)15-28-21-13-20(14-21)25(31)32)29-24(30)19-10-8-17(9-11-19)22-3-1-2-12-27-22/h1-12,20-21,28H,13-15H2,(H,31,32)(H2,26,29,30). The highest BCUT2D eigenvalue weighted by atomic mass is 16.4. The molecule has 7 heteroatoms. The molecule has 7 nitrogen and oxygen atoms in total. The van der Waals surface area contributed by atoms with E-state index >= 15 is 0 Å². The summed E-state index contributed by atoms with van der Waals surface area (Å²) in [5, 5.41) is 23.1. The molecule has 1 heterocycles. The summed E-state index contributed by atoms with van der Waals surface area (Å²) in [4.78, 5) is 27.7. The number of benzene rings is 2. The molecule has 0 saturated heterocycles. The number of aliphatic carboxylic acids is 1. The number of hydrogen-bond acceptors (Lipinski definition) is 5. The van der Waals surface area contributed by atoms with Crippen molar-refractivity contribution in [3.63, 3.8) is 0 Å². The van der Waals surface area contributed by atoms with Crippen molar-refractivity contribution < 1.29 is 14.7 Å². The van der Waals surface area contributed by atoms with Crippen molar-refractivity contribution in [3.05, 3.63) is 89.6 Å². The van der Waals surface area contributed by atoms with Crippen LogP contribution in [0.1, 0.15) is 34.3 Å². The van der Waals surface area contributed by atoms with Gasteiger partial charge < -0.3 is 15.7 Å². The number of rotatable bonds is 7. The number of hydrogen-bond donors (Lipinski definition) is 4. The van der Waals surface area contributed by atoms with E-state index in [1.807, 2.05) is 42.5 Å². The molecule has 0 unspecified atom stereocenters. The Morgan fingerprint density at radius 3 is 2.28 bits per heavy atom. The third kappa shape index (κ3) is 5.07. The van der Waals surface area contributed by atoms with Gasteiger partial charge in [-0.3, -0.25) is 20.0 Å². The number of carbonyl (C=O) groups is 2. The van der Waals surface area contributed by atoms with Crippen molar-refractivity contribution in [1.82, 2.24) is 15.6 Å². The predicted octanol–water partition coefficient (Wildman–Crippen LogP) is 3.46. The first-order valence-corrected chi connectivity index (χ1v) is 10.5. The summed E-state index contributed by atoms with van der Waals surface area (Å²) < 4.78 is 0. The molecule has 4 rings (SSSR count). The first-order valence-electron chi connectivity index (χ1n) is 10.5.